The van der Waals surface area contributed by atoms with Gasteiger partial charge in [0.15, 0.2) is 5.76 Å². The Morgan fingerprint density at radius 1 is 1.00 bits per heavy atom. The van der Waals surface area contributed by atoms with Gasteiger partial charge in [0.25, 0.3) is 11.8 Å². The number of carbonyl (C=O) groups excluding carboxylic acids is 3. The zero-order valence-corrected chi connectivity index (χ0v) is 9.83. The van der Waals surface area contributed by atoms with Crippen LogP contribution >= 0.6 is 0 Å². The zero-order chi connectivity index (χ0) is 13.4. The molecule has 1 aromatic heterocycles. The number of nitrogens with zero attached hydrogens (tertiary/aromatic N) is 1. The van der Waals surface area contributed by atoms with Crippen molar-refractivity contribution in [3.63, 3.8) is 0 Å². The van der Waals surface area contributed by atoms with E-state index in [1.165, 1.54) is 12.3 Å². The highest BCUT2D eigenvalue weighted by Gasteiger charge is 2.36. The van der Waals surface area contributed by atoms with E-state index in [1.54, 1.807) is 30.3 Å². The van der Waals surface area contributed by atoms with Gasteiger partial charge in [-0.05, 0) is 24.3 Å². The van der Waals surface area contributed by atoms with Gasteiger partial charge in [-0.1, -0.05) is 12.1 Å². The smallest absolute Gasteiger partial charge is 0.261 e. The van der Waals surface area contributed by atoms with E-state index >= 15 is 0 Å². The third kappa shape index (κ3) is 1.76. The van der Waals surface area contributed by atoms with Gasteiger partial charge in [0.2, 0.25) is 5.78 Å². The lowest BCUT2D eigenvalue weighted by molar-refractivity contribution is 0.0619. The van der Waals surface area contributed by atoms with Crippen LogP contribution in [0.25, 0.3) is 0 Å². The van der Waals surface area contributed by atoms with Crippen LogP contribution < -0.4 is 0 Å². The molecule has 0 atom stereocenters. The molecule has 94 valence electrons. The van der Waals surface area contributed by atoms with Crippen molar-refractivity contribution in [1.82, 2.24) is 4.90 Å². The maximum absolute atomic E-state index is 12.0. The lowest BCUT2D eigenvalue weighted by Gasteiger charge is -2.11. The molecule has 2 aromatic rings. The van der Waals surface area contributed by atoms with Crippen LogP contribution in [0.1, 0.15) is 31.3 Å². The first kappa shape index (κ1) is 11.4. The lowest BCUT2D eigenvalue weighted by atomic mass is 10.1. The normalized spacial score (nSPS) is 13.8. The Kier molecular flexibility index (Phi) is 2.52. The van der Waals surface area contributed by atoms with Gasteiger partial charge in [0.05, 0.1) is 23.9 Å². The quantitative estimate of drug-likeness (QED) is 0.619. The summed E-state index contributed by atoms with van der Waals surface area (Å²) in [6, 6.07) is 9.60. The maximum Gasteiger partial charge on any atom is 0.261 e. The minimum atomic E-state index is -0.444. The molecular weight excluding hydrogens is 246 g/mol. The number of rotatable bonds is 3. The summed E-state index contributed by atoms with van der Waals surface area (Å²) in [7, 11) is 0. The standard InChI is InChI=1S/C14H9NO4/c16-11(12-6-3-7-19-12)8-15-13(17)9-4-1-2-5-10(9)14(15)18/h1-7H,8H2. The monoisotopic (exact) mass is 255 g/mol. The molecule has 0 fully saturated rings. The summed E-state index contributed by atoms with van der Waals surface area (Å²) >= 11 is 0. The molecule has 3 rings (SSSR count). The number of furan rings is 1. The first-order valence-electron chi connectivity index (χ1n) is 5.70. The Bertz CT molecular complexity index is 638. The first-order valence-corrected chi connectivity index (χ1v) is 5.70. The fraction of sp³-hybridized carbons (Fsp3) is 0.0714. The fourth-order valence-electron chi connectivity index (χ4n) is 2.04. The maximum atomic E-state index is 12.0. The van der Waals surface area contributed by atoms with E-state index in [2.05, 4.69) is 0 Å². The summed E-state index contributed by atoms with van der Waals surface area (Å²) in [5, 5.41) is 0. The Morgan fingerprint density at radius 2 is 1.63 bits per heavy atom. The van der Waals surface area contributed by atoms with Gasteiger partial charge in [-0.15, -0.1) is 0 Å². The second-order valence-electron chi connectivity index (χ2n) is 4.14. The molecular formula is C14H9NO4. The molecule has 0 aliphatic carbocycles. The number of fused-ring (bicyclic) bond motifs is 1. The van der Waals surface area contributed by atoms with Crippen LogP contribution in [0.4, 0.5) is 0 Å². The highest BCUT2D eigenvalue weighted by molar-refractivity contribution is 6.22. The Labute approximate surface area is 108 Å². The number of imide groups is 1. The fourth-order valence-corrected chi connectivity index (χ4v) is 2.04. The molecule has 5 heteroatoms. The minimum absolute atomic E-state index is 0.136. The van der Waals surface area contributed by atoms with Crippen molar-refractivity contribution in [2.75, 3.05) is 6.54 Å². The average molecular weight is 255 g/mol. The molecule has 0 spiro atoms. The van der Waals surface area contributed by atoms with Crippen LogP contribution in [-0.4, -0.2) is 29.0 Å². The lowest BCUT2D eigenvalue weighted by Crippen LogP contribution is -2.34. The van der Waals surface area contributed by atoms with Crippen LogP contribution in [-0.2, 0) is 0 Å². The number of amides is 2. The topological polar surface area (TPSA) is 67.6 Å². The van der Waals surface area contributed by atoms with Gasteiger partial charge in [-0.3, -0.25) is 19.3 Å². The molecule has 2 amide bonds. The molecule has 0 saturated carbocycles. The number of Topliss-reactive ketones (excluding diaryl/α,β-unsaturated/α-hetero) is 1. The van der Waals surface area contributed by atoms with Crippen molar-refractivity contribution in [1.29, 1.82) is 0 Å². The molecule has 0 bridgehead atoms. The van der Waals surface area contributed by atoms with E-state index in [0.29, 0.717) is 11.1 Å². The average Bonchev–Trinajstić information content (AvgIpc) is 3.03. The van der Waals surface area contributed by atoms with Crippen molar-refractivity contribution in [3.8, 4) is 0 Å². The van der Waals surface area contributed by atoms with Gasteiger partial charge < -0.3 is 4.42 Å². The number of hydrogen-bond donors (Lipinski definition) is 0. The summed E-state index contributed by atoms with van der Waals surface area (Å²) in [5.41, 5.74) is 0.666. The Morgan fingerprint density at radius 3 is 2.16 bits per heavy atom. The van der Waals surface area contributed by atoms with E-state index in [4.69, 9.17) is 4.42 Å². The molecule has 5 nitrogen and oxygen atoms in total. The van der Waals surface area contributed by atoms with Crippen molar-refractivity contribution in [2.45, 2.75) is 0 Å². The third-order valence-electron chi connectivity index (χ3n) is 2.98. The molecule has 19 heavy (non-hydrogen) atoms. The number of hydrogen-bond acceptors (Lipinski definition) is 4. The van der Waals surface area contributed by atoms with Gasteiger partial charge in [-0.25, -0.2) is 0 Å². The molecule has 0 radical (unpaired) electrons. The number of ketones is 1. The predicted octanol–water partition coefficient (Wildman–Crippen LogP) is 1.76. The first-order chi connectivity index (χ1) is 9.18. The molecule has 0 N–H and O–H groups in total. The molecule has 0 saturated heterocycles. The van der Waals surface area contributed by atoms with E-state index in [1.807, 2.05) is 0 Å². The molecule has 2 heterocycles. The molecule has 1 aliphatic heterocycles. The third-order valence-corrected chi connectivity index (χ3v) is 2.98. The molecule has 1 aliphatic rings. The van der Waals surface area contributed by atoms with Gasteiger partial charge in [0.1, 0.15) is 0 Å². The van der Waals surface area contributed by atoms with Crippen LogP contribution in [0.15, 0.2) is 47.1 Å². The summed E-state index contributed by atoms with van der Waals surface area (Å²) in [6.07, 6.45) is 1.37. The van der Waals surface area contributed by atoms with E-state index in [0.717, 1.165) is 4.90 Å². The zero-order valence-electron chi connectivity index (χ0n) is 9.83. The summed E-state index contributed by atoms with van der Waals surface area (Å²) < 4.78 is 4.95. The predicted molar refractivity (Wildman–Crippen MR) is 64.8 cm³/mol. The molecule has 0 unspecified atom stereocenters. The highest BCUT2D eigenvalue weighted by atomic mass is 16.3. The second-order valence-corrected chi connectivity index (χ2v) is 4.14. The largest absolute Gasteiger partial charge is 0.461 e. The van der Waals surface area contributed by atoms with Crippen LogP contribution in [0.5, 0.6) is 0 Å². The van der Waals surface area contributed by atoms with Crippen molar-refractivity contribution in [3.05, 3.63) is 59.5 Å². The van der Waals surface area contributed by atoms with Gasteiger partial charge in [0, 0.05) is 0 Å². The van der Waals surface area contributed by atoms with E-state index < -0.39 is 17.6 Å². The Hall–Kier alpha value is -2.69. The van der Waals surface area contributed by atoms with Crippen LogP contribution in [0.2, 0.25) is 0 Å². The van der Waals surface area contributed by atoms with Crippen molar-refractivity contribution in [2.24, 2.45) is 0 Å². The number of benzene rings is 1. The van der Waals surface area contributed by atoms with Gasteiger partial charge in [-0.2, -0.15) is 0 Å². The highest BCUT2D eigenvalue weighted by Crippen LogP contribution is 2.22. The second kappa shape index (κ2) is 4.20. The van der Waals surface area contributed by atoms with Crippen molar-refractivity contribution < 1.29 is 18.8 Å². The van der Waals surface area contributed by atoms with E-state index in [9.17, 15) is 14.4 Å². The van der Waals surface area contributed by atoms with Crippen LogP contribution in [0.3, 0.4) is 0 Å². The number of carbonyl (C=O) groups is 3. The summed E-state index contributed by atoms with van der Waals surface area (Å²) in [5.74, 6) is -1.16. The summed E-state index contributed by atoms with van der Waals surface area (Å²) in [4.78, 5) is 36.9. The minimum Gasteiger partial charge on any atom is -0.461 e. The van der Waals surface area contributed by atoms with Crippen molar-refractivity contribution >= 4 is 17.6 Å². The van der Waals surface area contributed by atoms with Crippen LogP contribution in [0, 0.1) is 0 Å². The summed E-state index contributed by atoms with van der Waals surface area (Å²) in [6.45, 7) is -0.306. The molecule has 1 aromatic carbocycles. The van der Waals surface area contributed by atoms with E-state index in [-0.39, 0.29) is 12.3 Å². The Balaban J connectivity index is 1.87. The SMILES string of the molecule is O=C(CN1C(=O)c2ccccc2C1=O)c1ccco1. The van der Waals surface area contributed by atoms with Gasteiger partial charge >= 0.3 is 0 Å².